The summed E-state index contributed by atoms with van der Waals surface area (Å²) in [6.07, 6.45) is 0. The number of nitrogens with zero attached hydrogens (tertiary/aromatic N) is 1. The Labute approximate surface area is 102 Å². The molecule has 17 heavy (non-hydrogen) atoms. The number of piperazine rings is 1. The zero-order valence-corrected chi connectivity index (χ0v) is 10.4. The number of anilines is 1. The van der Waals surface area contributed by atoms with Gasteiger partial charge in [-0.25, -0.2) is 0 Å². The second-order valence-corrected chi connectivity index (χ2v) is 4.56. The standard InChI is InChI=1S/C13H19N3O/c1-9-8-15-6-7-16(9)12-5-3-4-11(10(12)2)13(14)17/h3-5,9,15H,6-8H2,1-2H3,(H2,14,17). The van der Waals surface area contributed by atoms with Crippen molar-refractivity contribution in [2.45, 2.75) is 19.9 Å². The Hall–Kier alpha value is -1.55. The first-order valence-electron chi connectivity index (χ1n) is 5.98. The summed E-state index contributed by atoms with van der Waals surface area (Å²) in [5.74, 6) is -0.355. The number of amides is 1. The molecule has 1 unspecified atom stereocenters. The summed E-state index contributed by atoms with van der Waals surface area (Å²) < 4.78 is 0. The van der Waals surface area contributed by atoms with Crippen molar-refractivity contribution in [3.63, 3.8) is 0 Å². The van der Waals surface area contributed by atoms with E-state index in [1.165, 1.54) is 0 Å². The molecule has 1 aliphatic heterocycles. The third-order valence-electron chi connectivity index (χ3n) is 3.38. The lowest BCUT2D eigenvalue weighted by molar-refractivity contribution is 0.0999. The smallest absolute Gasteiger partial charge is 0.249 e. The maximum Gasteiger partial charge on any atom is 0.249 e. The second-order valence-electron chi connectivity index (χ2n) is 4.56. The lowest BCUT2D eigenvalue weighted by Crippen LogP contribution is -2.50. The van der Waals surface area contributed by atoms with Crippen LogP contribution < -0.4 is 16.0 Å². The van der Waals surface area contributed by atoms with E-state index in [0.29, 0.717) is 11.6 Å². The first-order valence-corrected chi connectivity index (χ1v) is 5.98. The van der Waals surface area contributed by atoms with Crippen molar-refractivity contribution < 1.29 is 4.79 Å². The van der Waals surface area contributed by atoms with Crippen molar-refractivity contribution in [3.8, 4) is 0 Å². The van der Waals surface area contributed by atoms with Gasteiger partial charge in [-0.3, -0.25) is 4.79 Å². The molecule has 0 spiro atoms. The van der Waals surface area contributed by atoms with Crippen molar-refractivity contribution >= 4 is 11.6 Å². The summed E-state index contributed by atoms with van der Waals surface area (Å²) in [6, 6.07) is 6.18. The zero-order valence-electron chi connectivity index (χ0n) is 10.4. The molecule has 0 radical (unpaired) electrons. The molecule has 1 fully saturated rings. The van der Waals surface area contributed by atoms with Crippen LogP contribution in [0.4, 0.5) is 5.69 Å². The van der Waals surface area contributed by atoms with Gasteiger partial charge in [-0.2, -0.15) is 0 Å². The van der Waals surface area contributed by atoms with Gasteiger partial charge >= 0.3 is 0 Å². The number of primary amides is 1. The minimum atomic E-state index is -0.355. The quantitative estimate of drug-likeness (QED) is 0.797. The van der Waals surface area contributed by atoms with E-state index in [-0.39, 0.29) is 5.91 Å². The Morgan fingerprint density at radius 1 is 1.53 bits per heavy atom. The van der Waals surface area contributed by atoms with Gasteiger partial charge < -0.3 is 16.0 Å². The van der Waals surface area contributed by atoms with Gasteiger partial charge in [0.25, 0.3) is 0 Å². The molecule has 4 nitrogen and oxygen atoms in total. The highest BCUT2D eigenvalue weighted by Crippen LogP contribution is 2.25. The fourth-order valence-electron chi connectivity index (χ4n) is 2.40. The Morgan fingerprint density at radius 3 is 2.94 bits per heavy atom. The highest BCUT2D eigenvalue weighted by Gasteiger charge is 2.21. The molecule has 0 saturated carbocycles. The third-order valence-corrected chi connectivity index (χ3v) is 3.38. The Kier molecular flexibility index (Phi) is 3.33. The molecule has 92 valence electrons. The van der Waals surface area contributed by atoms with Crippen LogP contribution in [0.25, 0.3) is 0 Å². The molecule has 2 rings (SSSR count). The SMILES string of the molecule is Cc1c(C(N)=O)cccc1N1CCNCC1C. The fourth-order valence-corrected chi connectivity index (χ4v) is 2.40. The van der Waals surface area contributed by atoms with Crippen LogP contribution in [0.2, 0.25) is 0 Å². The van der Waals surface area contributed by atoms with Crippen LogP contribution in [0, 0.1) is 6.92 Å². The number of hydrogen-bond acceptors (Lipinski definition) is 3. The Balaban J connectivity index is 2.38. The topological polar surface area (TPSA) is 58.4 Å². The minimum Gasteiger partial charge on any atom is -0.366 e. The molecular weight excluding hydrogens is 214 g/mol. The number of carbonyl (C=O) groups is 1. The van der Waals surface area contributed by atoms with E-state index in [0.717, 1.165) is 30.9 Å². The van der Waals surface area contributed by atoms with E-state index >= 15 is 0 Å². The summed E-state index contributed by atoms with van der Waals surface area (Å²) in [4.78, 5) is 13.7. The summed E-state index contributed by atoms with van der Waals surface area (Å²) in [5, 5.41) is 3.36. The van der Waals surface area contributed by atoms with Crippen LogP contribution in [-0.4, -0.2) is 31.6 Å². The molecule has 1 amide bonds. The molecule has 1 saturated heterocycles. The summed E-state index contributed by atoms with van der Waals surface area (Å²) in [6.45, 7) is 7.06. The summed E-state index contributed by atoms with van der Waals surface area (Å²) in [5.41, 5.74) is 8.10. The highest BCUT2D eigenvalue weighted by molar-refractivity contribution is 5.95. The van der Waals surface area contributed by atoms with Gasteiger partial charge in [0.1, 0.15) is 0 Å². The van der Waals surface area contributed by atoms with E-state index in [2.05, 4.69) is 23.2 Å². The molecule has 4 heteroatoms. The van der Waals surface area contributed by atoms with Crippen molar-refractivity contribution in [2.75, 3.05) is 24.5 Å². The van der Waals surface area contributed by atoms with Crippen LogP contribution >= 0.6 is 0 Å². The van der Waals surface area contributed by atoms with Crippen LogP contribution in [0.15, 0.2) is 18.2 Å². The number of nitrogens with two attached hydrogens (primary N) is 1. The van der Waals surface area contributed by atoms with Crippen molar-refractivity contribution in [2.24, 2.45) is 5.73 Å². The molecule has 1 aromatic carbocycles. The normalized spacial score (nSPS) is 20.4. The molecule has 0 bridgehead atoms. The average Bonchev–Trinajstić information content (AvgIpc) is 2.30. The minimum absolute atomic E-state index is 0.355. The first kappa shape index (κ1) is 11.9. The maximum absolute atomic E-state index is 11.3. The molecule has 0 aromatic heterocycles. The van der Waals surface area contributed by atoms with Crippen molar-refractivity contribution in [1.82, 2.24) is 5.32 Å². The Bertz CT molecular complexity index is 431. The van der Waals surface area contributed by atoms with Crippen LogP contribution in [-0.2, 0) is 0 Å². The lowest BCUT2D eigenvalue weighted by atomic mass is 10.0. The van der Waals surface area contributed by atoms with E-state index in [1.54, 1.807) is 6.07 Å². The molecule has 1 atom stereocenters. The van der Waals surface area contributed by atoms with E-state index in [1.807, 2.05) is 13.0 Å². The zero-order chi connectivity index (χ0) is 12.4. The fraction of sp³-hybridized carbons (Fsp3) is 0.462. The van der Waals surface area contributed by atoms with Crippen LogP contribution in [0.1, 0.15) is 22.8 Å². The second kappa shape index (κ2) is 4.75. The molecule has 1 aromatic rings. The van der Waals surface area contributed by atoms with Crippen molar-refractivity contribution in [1.29, 1.82) is 0 Å². The largest absolute Gasteiger partial charge is 0.366 e. The van der Waals surface area contributed by atoms with E-state index in [9.17, 15) is 4.79 Å². The van der Waals surface area contributed by atoms with Gasteiger partial charge in [-0.05, 0) is 31.5 Å². The first-order chi connectivity index (χ1) is 8.11. The molecule has 0 aliphatic carbocycles. The summed E-state index contributed by atoms with van der Waals surface area (Å²) >= 11 is 0. The monoisotopic (exact) mass is 233 g/mol. The van der Waals surface area contributed by atoms with Gasteiger partial charge in [-0.1, -0.05) is 6.07 Å². The average molecular weight is 233 g/mol. The molecule has 1 heterocycles. The molecular formula is C13H19N3O. The molecule has 3 N–H and O–H groups in total. The third kappa shape index (κ3) is 2.26. The van der Waals surface area contributed by atoms with Gasteiger partial charge in [0.15, 0.2) is 0 Å². The van der Waals surface area contributed by atoms with Gasteiger partial charge in [0, 0.05) is 36.9 Å². The van der Waals surface area contributed by atoms with Crippen LogP contribution in [0.5, 0.6) is 0 Å². The highest BCUT2D eigenvalue weighted by atomic mass is 16.1. The Morgan fingerprint density at radius 2 is 2.29 bits per heavy atom. The lowest BCUT2D eigenvalue weighted by Gasteiger charge is -2.37. The number of nitrogens with one attached hydrogen (secondary N) is 1. The summed E-state index contributed by atoms with van der Waals surface area (Å²) in [7, 11) is 0. The number of hydrogen-bond donors (Lipinski definition) is 2. The maximum atomic E-state index is 11.3. The number of carbonyl (C=O) groups excluding carboxylic acids is 1. The van der Waals surface area contributed by atoms with Gasteiger partial charge in [0.05, 0.1) is 0 Å². The van der Waals surface area contributed by atoms with E-state index in [4.69, 9.17) is 5.73 Å². The van der Waals surface area contributed by atoms with Gasteiger partial charge in [-0.15, -0.1) is 0 Å². The van der Waals surface area contributed by atoms with Crippen molar-refractivity contribution in [3.05, 3.63) is 29.3 Å². The van der Waals surface area contributed by atoms with Crippen LogP contribution in [0.3, 0.4) is 0 Å². The molecule has 1 aliphatic rings. The van der Waals surface area contributed by atoms with E-state index < -0.39 is 0 Å². The predicted molar refractivity (Wildman–Crippen MR) is 69.4 cm³/mol. The predicted octanol–water partition coefficient (Wildman–Crippen LogP) is 0.892. The number of benzene rings is 1. The number of rotatable bonds is 2. The van der Waals surface area contributed by atoms with Gasteiger partial charge in [0.2, 0.25) is 5.91 Å².